The summed E-state index contributed by atoms with van der Waals surface area (Å²) in [4.78, 5) is 19.7. The van der Waals surface area contributed by atoms with E-state index in [0.717, 1.165) is 24.3 Å². The van der Waals surface area contributed by atoms with Crippen molar-refractivity contribution < 1.29 is 13.2 Å². The van der Waals surface area contributed by atoms with E-state index in [-0.39, 0.29) is 16.6 Å². The average molecular weight is 447 g/mol. The van der Waals surface area contributed by atoms with Crippen molar-refractivity contribution in [2.45, 2.75) is 24.3 Å². The van der Waals surface area contributed by atoms with Crippen LogP contribution in [-0.2, 0) is 21.2 Å². The molecular weight excluding hydrogens is 424 g/mol. The zero-order valence-corrected chi connectivity index (χ0v) is 18.3. The van der Waals surface area contributed by atoms with Gasteiger partial charge in [0.2, 0.25) is 5.91 Å². The molecule has 0 aliphatic carbocycles. The smallest absolute Gasteiger partial charge is 0.263 e. The Morgan fingerprint density at radius 2 is 1.69 bits per heavy atom. The van der Waals surface area contributed by atoms with Gasteiger partial charge in [-0.2, -0.15) is 0 Å². The Labute approximate surface area is 186 Å². The fourth-order valence-corrected chi connectivity index (χ4v) is 5.36. The summed E-state index contributed by atoms with van der Waals surface area (Å²) in [5.41, 5.74) is 4.49. The number of hydrogen-bond donors (Lipinski definition) is 2. The Morgan fingerprint density at radius 1 is 1.00 bits per heavy atom. The van der Waals surface area contributed by atoms with E-state index in [1.54, 1.807) is 25.1 Å². The molecule has 2 heterocycles. The maximum Gasteiger partial charge on any atom is 0.263 e. The average Bonchev–Trinajstić information content (AvgIpc) is 3.33. The molecule has 2 N–H and O–H groups in total. The van der Waals surface area contributed by atoms with Crippen LogP contribution in [-0.4, -0.2) is 32.7 Å². The van der Waals surface area contributed by atoms with Gasteiger partial charge >= 0.3 is 0 Å². The first-order chi connectivity index (χ1) is 15.4. The number of sulfonamides is 1. The zero-order valence-electron chi connectivity index (χ0n) is 17.4. The molecular formula is C24H22N4O3S. The molecule has 1 atom stereocenters. The van der Waals surface area contributed by atoms with Crippen molar-refractivity contribution in [3.8, 4) is 0 Å². The molecule has 7 nitrogen and oxygen atoms in total. The number of amidine groups is 1. The van der Waals surface area contributed by atoms with Crippen molar-refractivity contribution in [2.75, 3.05) is 16.8 Å². The van der Waals surface area contributed by atoms with E-state index in [1.165, 1.54) is 11.6 Å². The fourth-order valence-electron chi connectivity index (χ4n) is 4.12. The summed E-state index contributed by atoms with van der Waals surface area (Å²) in [5, 5.41) is 2.97. The molecule has 0 bridgehead atoms. The van der Waals surface area contributed by atoms with Gasteiger partial charge in [0.15, 0.2) is 0 Å². The Balaban J connectivity index is 1.40. The number of benzene rings is 3. The Morgan fingerprint density at radius 3 is 2.53 bits per heavy atom. The lowest BCUT2D eigenvalue weighted by Crippen LogP contribution is -2.29. The molecule has 3 aromatic carbocycles. The van der Waals surface area contributed by atoms with Gasteiger partial charge in [-0.3, -0.25) is 14.5 Å². The highest BCUT2D eigenvalue weighted by Gasteiger charge is 2.31. The second-order valence-electron chi connectivity index (χ2n) is 7.79. The van der Waals surface area contributed by atoms with Crippen LogP contribution < -0.4 is 14.9 Å². The van der Waals surface area contributed by atoms with E-state index in [1.807, 2.05) is 36.4 Å². The lowest BCUT2D eigenvalue weighted by molar-refractivity contribution is -0.117. The number of fused-ring (bicyclic) bond motifs is 2. The number of carbonyl (C=O) groups is 1. The molecule has 5 rings (SSSR count). The second kappa shape index (κ2) is 7.80. The monoisotopic (exact) mass is 446 g/mol. The van der Waals surface area contributed by atoms with Gasteiger partial charge in [-0.15, -0.1) is 0 Å². The summed E-state index contributed by atoms with van der Waals surface area (Å²) in [6.45, 7) is 2.48. The van der Waals surface area contributed by atoms with Gasteiger partial charge in [0.1, 0.15) is 11.9 Å². The number of aliphatic imine (C=N–C) groups is 1. The summed E-state index contributed by atoms with van der Waals surface area (Å²) in [5.74, 6) is -0.133. The summed E-state index contributed by atoms with van der Waals surface area (Å²) in [6, 6.07) is 21.7. The summed E-state index contributed by atoms with van der Waals surface area (Å²) in [7, 11) is -3.65. The van der Waals surface area contributed by atoms with Crippen molar-refractivity contribution in [3.63, 3.8) is 0 Å². The molecule has 0 aromatic heterocycles. The lowest BCUT2D eigenvalue weighted by Gasteiger charge is -2.23. The van der Waals surface area contributed by atoms with Crippen LogP contribution >= 0.6 is 0 Å². The number of amides is 1. The molecule has 0 saturated heterocycles. The number of carbonyl (C=O) groups excluding carboxylic acids is 1. The van der Waals surface area contributed by atoms with Gasteiger partial charge < -0.3 is 10.2 Å². The SMILES string of the molecule is C[C@H](N=C1NS(=O)(=O)c2ccccc21)C(=O)Nc1ccccc1N1CCc2ccccc21. The Kier molecular flexibility index (Phi) is 4.94. The van der Waals surface area contributed by atoms with E-state index in [9.17, 15) is 13.2 Å². The van der Waals surface area contributed by atoms with Gasteiger partial charge in [-0.1, -0.05) is 42.5 Å². The predicted octanol–water partition coefficient (Wildman–Crippen LogP) is 3.45. The van der Waals surface area contributed by atoms with E-state index < -0.39 is 16.1 Å². The van der Waals surface area contributed by atoms with Crippen molar-refractivity contribution in [1.82, 2.24) is 4.72 Å². The van der Waals surface area contributed by atoms with Crippen molar-refractivity contribution in [2.24, 2.45) is 4.99 Å². The molecule has 3 aromatic rings. The van der Waals surface area contributed by atoms with Crippen molar-refractivity contribution in [3.05, 3.63) is 83.9 Å². The lowest BCUT2D eigenvalue weighted by atomic mass is 10.1. The van der Waals surface area contributed by atoms with Gasteiger partial charge in [0.05, 0.1) is 16.3 Å². The minimum absolute atomic E-state index is 0.171. The van der Waals surface area contributed by atoms with Gasteiger partial charge in [-0.25, -0.2) is 8.42 Å². The van der Waals surface area contributed by atoms with E-state index in [4.69, 9.17) is 0 Å². The molecule has 32 heavy (non-hydrogen) atoms. The second-order valence-corrected chi connectivity index (χ2v) is 9.44. The van der Waals surface area contributed by atoms with Crippen LogP contribution in [0.2, 0.25) is 0 Å². The number of para-hydroxylation sites is 3. The molecule has 0 saturated carbocycles. The third-order valence-corrected chi connectivity index (χ3v) is 7.10. The first kappa shape index (κ1) is 20.3. The van der Waals surface area contributed by atoms with Crippen LogP contribution in [0.3, 0.4) is 0 Å². The van der Waals surface area contributed by atoms with Crippen LogP contribution in [0, 0.1) is 0 Å². The third-order valence-electron chi connectivity index (χ3n) is 5.70. The molecule has 0 radical (unpaired) electrons. The highest BCUT2D eigenvalue weighted by Crippen LogP contribution is 2.38. The maximum atomic E-state index is 13.0. The van der Waals surface area contributed by atoms with Crippen molar-refractivity contribution in [1.29, 1.82) is 0 Å². The van der Waals surface area contributed by atoms with E-state index in [0.29, 0.717) is 11.3 Å². The quantitative estimate of drug-likeness (QED) is 0.642. The van der Waals surface area contributed by atoms with Crippen LogP contribution in [0.1, 0.15) is 18.1 Å². The topological polar surface area (TPSA) is 90.9 Å². The van der Waals surface area contributed by atoms with Crippen LogP contribution in [0.5, 0.6) is 0 Å². The highest BCUT2D eigenvalue weighted by atomic mass is 32.2. The molecule has 8 heteroatoms. The van der Waals surface area contributed by atoms with Gasteiger partial charge in [-0.05, 0) is 49.2 Å². The van der Waals surface area contributed by atoms with Crippen LogP contribution in [0.4, 0.5) is 17.1 Å². The molecule has 0 spiro atoms. The largest absolute Gasteiger partial charge is 0.339 e. The number of nitrogens with one attached hydrogen (secondary N) is 2. The predicted molar refractivity (Wildman–Crippen MR) is 125 cm³/mol. The standard InChI is InChI=1S/C24H22N4O3S/c1-16(25-23-18-9-3-7-13-22(18)32(30,31)27-23)24(29)26-19-10-4-6-12-21(19)28-15-14-17-8-2-5-11-20(17)28/h2-13,16H,14-15H2,1H3,(H,25,27)(H,26,29)/t16-/m0/s1. The minimum Gasteiger partial charge on any atom is -0.339 e. The zero-order chi connectivity index (χ0) is 22.3. The number of nitrogens with zero attached hydrogens (tertiary/aromatic N) is 2. The van der Waals surface area contributed by atoms with Gasteiger partial charge in [0.25, 0.3) is 10.0 Å². The first-order valence-corrected chi connectivity index (χ1v) is 11.9. The van der Waals surface area contributed by atoms with E-state index in [2.05, 4.69) is 32.1 Å². The highest BCUT2D eigenvalue weighted by molar-refractivity contribution is 7.90. The summed E-state index contributed by atoms with van der Waals surface area (Å²) >= 11 is 0. The summed E-state index contributed by atoms with van der Waals surface area (Å²) < 4.78 is 27.0. The van der Waals surface area contributed by atoms with Crippen LogP contribution in [0.15, 0.2) is 82.7 Å². The number of hydrogen-bond acceptors (Lipinski definition) is 5. The minimum atomic E-state index is -3.65. The van der Waals surface area contributed by atoms with Crippen LogP contribution in [0.25, 0.3) is 0 Å². The molecule has 162 valence electrons. The first-order valence-electron chi connectivity index (χ1n) is 10.4. The molecule has 2 aliphatic heterocycles. The Bertz CT molecular complexity index is 1350. The molecule has 2 aliphatic rings. The molecule has 1 amide bonds. The number of anilines is 3. The summed E-state index contributed by atoms with van der Waals surface area (Å²) in [6.07, 6.45) is 0.946. The normalized spacial score (nSPS) is 18.0. The molecule has 0 unspecified atom stereocenters. The maximum absolute atomic E-state index is 13.0. The Hall–Kier alpha value is -3.65. The number of rotatable bonds is 4. The fraction of sp³-hybridized carbons (Fsp3) is 0.167. The third kappa shape index (κ3) is 3.52. The van der Waals surface area contributed by atoms with E-state index >= 15 is 0 Å². The molecule has 0 fully saturated rings. The van der Waals surface area contributed by atoms with Crippen molar-refractivity contribution >= 4 is 38.8 Å². The van der Waals surface area contributed by atoms with Gasteiger partial charge in [0, 0.05) is 17.8 Å².